The zero-order chi connectivity index (χ0) is 95.5. The first-order valence-corrected chi connectivity index (χ1v) is 52.1. The summed E-state index contributed by atoms with van der Waals surface area (Å²) in [5.74, 6) is 2.65. The van der Waals surface area contributed by atoms with Crippen molar-refractivity contribution in [3.8, 4) is 11.4 Å². The molecule has 2 aliphatic carbocycles. The number of carbonyl (C=O) groups excluding carboxylic acids is 1. The van der Waals surface area contributed by atoms with Crippen LogP contribution in [0, 0.1) is 13.8 Å². The molecule has 6 N–H and O–H groups in total. The van der Waals surface area contributed by atoms with E-state index >= 15 is 0 Å². The average Bonchev–Trinajstić information content (AvgIpc) is 1.77. The topological polar surface area (TPSA) is 378 Å². The molecular formula is C91H79BrCl7N23O6S8. The van der Waals surface area contributed by atoms with E-state index in [9.17, 15) is 19.5 Å². The molecule has 0 aromatic carbocycles. The number of hydrogen-bond acceptors (Lipinski definition) is 35. The van der Waals surface area contributed by atoms with Gasteiger partial charge in [0.15, 0.2) is 5.15 Å². The Balaban J connectivity index is 0.000000123. The molecule has 20 aromatic heterocycles. The number of aryl methyl sites for hydroxylation is 4. The first-order valence-electron chi connectivity index (χ1n) is 41.8. The van der Waals surface area contributed by atoms with E-state index in [1.807, 2.05) is 98.3 Å². The van der Waals surface area contributed by atoms with Crippen molar-refractivity contribution in [1.82, 2.24) is 93.9 Å². The molecule has 4 atom stereocenters. The number of aliphatic hydroxyl groups is 2. The van der Waals surface area contributed by atoms with Gasteiger partial charge in [-0.25, -0.2) is 84.7 Å². The Labute approximate surface area is 852 Å². The summed E-state index contributed by atoms with van der Waals surface area (Å²) in [6.45, 7) is 10.1. The standard InChI is InChI=1S/C23H24N6OS.C22H22N6O2S.C9H7ClN2O2S.C8H7ClN2S.C8H6ClNS.C7H4BrClN2S.C7H4Cl2N2S.C7H5ClN2OS/c1-2-18-12-19-20(31-18)14-25-23(28-19)27-16-7-6-15(11-16)26-21-9-8-17(13-24-21)29-10-4-3-5-22(29)30;29-13-17-10-18-19(31-17)12-24-22(27-18)26-15-5-4-14(9-15)25-20-7-6-16(11-23-20)28-8-2-1-3-21(28)30;1-5(13)14-4-6-2-7-8(15-6)3-11-9(10)12-7;1-2-5-3-6-7(12-5)4-10-8(9)11-6;1-5-2-6-3-8(9)10-4-7(6)11-5;8-2-4-1-5-6(12-4)3-10-7(9)11-5;1-3-2-4-5(12-3)6(8)11-7(9)10-4;8-7-9-2-6-5(10-7)1-4(3-11)12-6/h3-5,8-10,12-16H,2,6-7,11H2,1H3,(H,24,26)(H,25,27,28);1-3,6-8,10-12,14-15,29H,4-5,9,13H2,(H,23,25)(H,24,26,27);2-3H,4H2,1H3;3-4H,2H2,1H3;2-4H,1H3;1,3H,2H2;2H,1H3;1-2,11H,3H2/t15-,16-;14-,15-;;;;;;/m00....../s1. The highest BCUT2D eigenvalue weighted by Crippen LogP contribution is 2.36. The smallest absolute Gasteiger partial charge is 0.302 e. The molecular weight excluding hydrogens is 2100 g/mol. The molecule has 0 spiro atoms. The number of nitrogens with zero attached hydrogens (tertiary/aromatic N) is 19. The van der Waals surface area contributed by atoms with Gasteiger partial charge in [0.25, 0.3) is 11.1 Å². The molecule has 20 aromatic rings. The molecule has 0 amide bonds. The van der Waals surface area contributed by atoms with Crippen LogP contribution in [0.2, 0.25) is 36.7 Å². The molecule has 22 rings (SSSR count). The number of fused-ring (bicyclic) bond motifs is 8. The number of thiophene rings is 8. The van der Waals surface area contributed by atoms with Crippen molar-refractivity contribution >= 4 is 299 Å². The lowest BCUT2D eigenvalue weighted by Gasteiger charge is -2.15. The van der Waals surface area contributed by atoms with Crippen molar-refractivity contribution in [2.45, 2.75) is 135 Å². The zero-order valence-corrected chi connectivity index (χ0v) is 85.8. The van der Waals surface area contributed by atoms with Gasteiger partial charge in [0.05, 0.1) is 126 Å². The third-order valence-electron chi connectivity index (χ3n) is 20.2. The fourth-order valence-electron chi connectivity index (χ4n) is 14.0. The van der Waals surface area contributed by atoms with Crippen LogP contribution in [-0.4, -0.2) is 134 Å². The van der Waals surface area contributed by atoms with Gasteiger partial charge in [-0.3, -0.25) is 23.5 Å². The lowest BCUT2D eigenvalue weighted by atomic mass is 10.2. The number of halogens is 8. The van der Waals surface area contributed by atoms with Gasteiger partial charge >= 0.3 is 5.97 Å². The minimum absolute atomic E-state index is 0.0247. The second-order valence-electron chi connectivity index (χ2n) is 30.0. The Kier molecular flexibility index (Phi) is 35.2. The summed E-state index contributed by atoms with van der Waals surface area (Å²) in [4.78, 5) is 114. The number of anilines is 4. The quantitative estimate of drug-likeness (QED) is 0.0162. The monoisotopic (exact) mass is 2170 g/mol. The molecule has 2 saturated carbocycles. The maximum absolute atomic E-state index is 12.0. The van der Waals surface area contributed by atoms with Crippen LogP contribution >= 0.6 is 188 Å². The van der Waals surface area contributed by atoms with Crippen LogP contribution in [-0.2, 0) is 47.5 Å². The van der Waals surface area contributed by atoms with Gasteiger partial charge in [-0.1, -0.05) is 65.1 Å². The minimum Gasteiger partial charge on any atom is -0.460 e. The summed E-state index contributed by atoms with van der Waals surface area (Å²) in [6.07, 6.45) is 27.4. The second-order valence-corrected chi connectivity index (χ2v) is 42.6. The van der Waals surface area contributed by atoms with Crippen LogP contribution < -0.4 is 32.4 Å². The summed E-state index contributed by atoms with van der Waals surface area (Å²) < 4.78 is 16.3. The molecule has 2 aliphatic rings. The van der Waals surface area contributed by atoms with Crippen molar-refractivity contribution < 1.29 is 19.7 Å². The molecule has 29 nitrogen and oxygen atoms in total. The molecule has 0 aliphatic heterocycles. The van der Waals surface area contributed by atoms with Crippen LogP contribution in [0.1, 0.15) is 98.3 Å². The van der Waals surface area contributed by atoms with E-state index in [2.05, 4.69) is 161 Å². The molecule has 45 heteroatoms. The number of aliphatic hydroxyl groups excluding tert-OH is 2. The number of nitrogens with one attached hydrogen (secondary N) is 4. The van der Waals surface area contributed by atoms with Gasteiger partial charge < -0.3 is 36.2 Å². The minimum atomic E-state index is -0.295. The van der Waals surface area contributed by atoms with Crippen molar-refractivity contribution in [1.29, 1.82) is 0 Å². The number of pyridine rings is 5. The van der Waals surface area contributed by atoms with Gasteiger partial charge in [0.2, 0.25) is 38.3 Å². The Hall–Kier alpha value is -10.3. The number of alkyl halides is 1. The number of carbonyl (C=O) groups is 1. The number of esters is 1. The van der Waals surface area contributed by atoms with Crippen molar-refractivity contribution in [3.05, 3.63) is 280 Å². The number of ether oxygens (including phenoxy) is 1. The summed E-state index contributed by atoms with van der Waals surface area (Å²) in [5, 5.41) is 36.4. The van der Waals surface area contributed by atoms with E-state index in [-0.39, 0.29) is 58.8 Å². The first-order chi connectivity index (χ1) is 65.8. The van der Waals surface area contributed by atoms with E-state index in [4.69, 9.17) is 91.0 Å². The lowest BCUT2D eigenvalue weighted by Crippen LogP contribution is -2.22. The van der Waals surface area contributed by atoms with Gasteiger partial charge in [0, 0.05) is 131 Å². The maximum Gasteiger partial charge on any atom is 0.302 e. The predicted molar refractivity (Wildman–Crippen MR) is 562 cm³/mol. The van der Waals surface area contributed by atoms with Gasteiger partial charge in [-0.15, -0.1) is 90.7 Å². The van der Waals surface area contributed by atoms with Crippen LogP contribution in [0.15, 0.2) is 193 Å². The molecule has 0 bridgehead atoms. The highest BCUT2D eigenvalue weighted by molar-refractivity contribution is 9.08. The number of aromatic nitrogens is 19. The third kappa shape index (κ3) is 27.6. The summed E-state index contributed by atoms with van der Waals surface area (Å²) in [5.41, 5.74) is 7.52. The molecule has 2 fully saturated rings. The highest BCUT2D eigenvalue weighted by Gasteiger charge is 2.28. The third-order valence-corrected chi connectivity index (χ3v) is 31.3. The lowest BCUT2D eigenvalue weighted by molar-refractivity contribution is -0.142. The summed E-state index contributed by atoms with van der Waals surface area (Å²) in [7, 11) is 0. The number of hydrogen-bond donors (Lipinski definition) is 6. The Bertz CT molecular complexity index is 7270. The highest BCUT2D eigenvalue weighted by atomic mass is 79.9. The van der Waals surface area contributed by atoms with Crippen LogP contribution in [0.5, 0.6) is 0 Å². The van der Waals surface area contributed by atoms with Crippen molar-refractivity contribution in [2.24, 2.45) is 0 Å². The van der Waals surface area contributed by atoms with Crippen molar-refractivity contribution in [2.75, 3.05) is 21.3 Å². The predicted octanol–water partition coefficient (Wildman–Crippen LogP) is 24.4. The van der Waals surface area contributed by atoms with Crippen LogP contribution in [0.4, 0.5) is 23.5 Å². The van der Waals surface area contributed by atoms with E-state index in [0.717, 1.165) is 171 Å². The molecule has 0 unspecified atom stereocenters. The Morgan fingerprint density at radius 3 is 1.23 bits per heavy atom. The van der Waals surface area contributed by atoms with Crippen LogP contribution in [0.3, 0.4) is 0 Å². The molecule has 698 valence electrons. The van der Waals surface area contributed by atoms with E-state index in [0.29, 0.717) is 50.9 Å². The van der Waals surface area contributed by atoms with E-state index in [1.54, 1.807) is 134 Å². The van der Waals surface area contributed by atoms with Crippen LogP contribution in [0.25, 0.3) is 93.0 Å². The Morgan fingerprint density at radius 2 is 0.801 bits per heavy atom. The fourth-order valence-corrected chi connectivity index (χ4v) is 22.7. The first kappa shape index (κ1) is 100. The van der Waals surface area contributed by atoms with Gasteiger partial charge in [-0.2, -0.15) is 0 Å². The normalized spacial score (nSPS) is 14.2. The largest absolute Gasteiger partial charge is 0.460 e. The molecule has 20 heterocycles. The second kappa shape index (κ2) is 47.8. The molecule has 136 heavy (non-hydrogen) atoms. The van der Waals surface area contributed by atoms with E-state index < -0.39 is 0 Å². The van der Waals surface area contributed by atoms with E-state index in [1.165, 1.54) is 76.6 Å². The van der Waals surface area contributed by atoms with Gasteiger partial charge in [0.1, 0.15) is 23.4 Å². The Morgan fingerprint density at radius 1 is 0.412 bits per heavy atom. The van der Waals surface area contributed by atoms with Crippen molar-refractivity contribution in [3.63, 3.8) is 0 Å². The summed E-state index contributed by atoms with van der Waals surface area (Å²) in [6, 6.07) is 36.8. The summed E-state index contributed by atoms with van der Waals surface area (Å²) >= 11 is 56.1. The zero-order valence-electron chi connectivity index (χ0n) is 72.4. The molecule has 0 radical (unpaired) electrons. The maximum atomic E-state index is 12.0. The SMILES string of the molecule is CC(=O)OCc1cc2nc(Cl)ncc2s1.CCc1cc2nc(Cl)ncc2s1.CCc1cc2nc(N[C@H]3CC[C@H](Nc4ccc(-n5ccccc5=O)cn4)C3)ncc2s1.Cc1cc2cc(Cl)ncc2s1.Cc1cc2nc(Cl)nc(Cl)c2s1.Clc1ncc2sc(CBr)cc2n1.O=c1ccccn1-c1ccc(N[C@H]2CC[C@H](Nc3ncc4sc(CO)cc4n3)C2)nc1.OCc1cc2nc(Cl)ncc2s1. The fraction of sp³-hybridized carbons (Fsp3) is 0.231. The van der Waals surface area contributed by atoms with Gasteiger partial charge in [-0.05, 0) is 220 Å². The molecule has 0 saturated heterocycles. The average molecular weight is 2180 g/mol. The number of rotatable bonds is 17.